The zero-order valence-electron chi connectivity index (χ0n) is 7.67. The van der Waals surface area contributed by atoms with Crippen LogP contribution < -0.4 is 0 Å². The highest BCUT2D eigenvalue weighted by Crippen LogP contribution is 2.12. The average molecular weight is 210 g/mol. The van der Waals surface area contributed by atoms with Gasteiger partial charge < -0.3 is 0 Å². The van der Waals surface area contributed by atoms with Gasteiger partial charge in [0.15, 0.2) is 0 Å². The van der Waals surface area contributed by atoms with Crippen molar-refractivity contribution in [3.8, 4) is 12.3 Å². The molecule has 0 aliphatic rings. The maximum absolute atomic E-state index is 11.5. The van der Waals surface area contributed by atoms with Crippen molar-refractivity contribution in [1.82, 2.24) is 0 Å². The van der Waals surface area contributed by atoms with Gasteiger partial charge in [0.25, 0.3) is 10.1 Å². The normalized spacial score (nSPS) is 13.1. The molecule has 4 heteroatoms. The Morgan fingerprint density at radius 2 is 1.93 bits per heavy atom. The van der Waals surface area contributed by atoms with Gasteiger partial charge in [-0.05, 0) is 19.1 Å². The van der Waals surface area contributed by atoms with Crippen molar-refractivity contribution < 1.29 is 12.6 Å². The van der Waals surface area contributed by atoms with Crippen molar-refractivity contribution >= 4 is 10.1 Å². The van der Waals surface area contributed by atoms with Crippen molar-refractivity contribution in [1.29, 1.82) is 0 Å². The molecule has 3 nitrogen and oxygen atoms in total. The second-order valence-corrected chi connectivity index (χ2v) is 4.24. The van der Waals surface area contributed by atoms with Crippen molar-refractivity contribution in [2.45, 2.75) is 17.9 Å². The van der Waals surface area contributed by atoms with E-state index in [1.165, 1.54) is 19.1 Å². The Morgan fingerprint density at radius 3 is 2.43 bits per heavy atom. The fraction of sp³-hybridized carbons (Fsp3) is 0.200. The molecule has 0 saturated heterocycles. The van der Waals surface area contributed by atoms with E-state index in [4.69, 9.17) is 10.6 Å². The summed E-state index contributed by atoms with van der Waals surface area (Å²) < 4.78 is 27.7. The number of terminal acetylenes is 1. The number of hydrogen-bond acceptors (Lipinski definition) is 3. The zero-order valence-corrected chi connectivity index (χ0v) is 8.49. The number of hydrogen-bond donors (Lipinski definition) is 0. The van der Waals surface area contributed by atoms with Crippen LogP contribution in [0.3, 0.4) is 0 Å². The van der Waals surface area contributed by atoms with Crippen molar-refractivity contribution in [3.05, 3.63) is 30.3 Å². The summed E-state index contributed by atoms with van der Waals surface area (Å²) in [6.45, 7) is 1.50. The lowest BCUT2D eigenvalue weighted by Gasteiger charge is -2.06. The first-order valence-electron chi connectivity index (χ1n) is 4.01. The highest BCUT2D eigenvalue weighted by atomic mass is 32.2. The molecule has 1 unspecified atom stereocenters. The van der Waals surface area contributed by atoms with Crippen LogP contribution in [0.4, 0.5) is 0 Å². The quantitative estimate of drug-likeness (QED) is 0.559. The highest BCUT2D eigenvalue weighted by molar-refractivity contribution is 7.86. The number of benzene rings is 1. The van der Waals surface area contributed by atoms with Crippen LogP contribution in [0.15, 0.2) is 35.2 Å². The van der Waals surface area contributed by atoms with E-state index in [-0.39, 0.29) is 4.90 Å². The fourth-order valence-electron chi connectivity index (χ4n) is 0.861. The first-order valence-corrected chi connectivity index (χ1v) is 5.41. The van der Waals surface area contributed by atoms with E-state index >= 15 is 0 Å². The first kappa shape index (κ1) is 10.8. The minimum absolute atomic E-state index is 0.113. The lowest BCUT2D eigenvalue weighted by Crippen LogP contribution is -2.13. The van der Waals surface area contributed by atoms with E-state index in [2.05, 4.69) is 5.92 Å². The van der Waals surface area contributed by atoms with Gasteiger partial charge in [0, 0.05) is 0 Å². The molecule has 1 rings (SSSR count). The maximum Gasteiger partial charge on any atom is 0.298 e. The van der Waals surface area contributed by atoms with Crippen LogP contribution in [0, 0.1) is 12.3 Å². The monoisotopic (exact) mass is 210 g/mol. The fourth-order valence-corrected chi connectivity index (χ4v) is 1.90. The third kappa shape index (κ3) is 2.59. The summed E-state index contributed by atoms with van der Waals surface area (Å²) in [7, 11) is -3.71. The van der Waals surface area contributed by atoms with Crippen LogP contribution in [0.2, 0.25) is 0 Å². The summed E-state index contributed by atoms with van der Waals surface area (Å²) in [5.74, 6) is 2.19. The molecule has 1 atom stereocenters. The highest BCUT2D eigenvalue weighted by Gasteiger charge is 2.16. The van der Waals surface area contributed by atoms with Gasteiger partial charge in [-0.1, -0.05) is 24.1 Å². The van der Waals surface area contributed by atoms with Crippen molar-refractivity contribution in [3.63, 3.8) is 0 Å². The summed E-state index contributed by atoms with van der Waals surface area (Å²) in [6, 6.07) is 7.88. The lowest BCUT2D eigenvalue weighted by molar-refractivity contribution is 0.283. The van der Waals surface area contributed by atoms with Gasteiger partial charge in [0.1, 0.15) is 6.10 Å². The molecule has 1 aromatic rings. The molecule has 0 heterocycles. The first-order chi connectivity index (χ1) is 6.56. The summed E-state index contributed by atoms with van der Waals surface area (Å²) in [4.78, 5) is 0.113. The van der Waals surface area contributed by atoms with Crippen molar-refractivity contribution in [2.75, 3.05) is 0 Å². The summed E-state index contributed by atoms with van der Waals surface area (Å²) in [6.07, 6.45) is 4.27. The van der Waals surface area contributed by atoms with Crippen LogP contribution in [-0.4, -0.2) is 14.5 Å². The van der Waals surface area contributed by atoms with Gasteiger partial charge >= 0.3 is 0 Å². The molecule has 0 bridgehead atoms. The predicted molar refractivity (Wildman–Crippen MR) is 53.0 cm³/mol. The molecule has 0 saturated carbocycles. The van der Waals surface area contributed by atoms with Crippen molar-refractivity contribution in [2.24, 2.45) is 0 Å². The molecular weight excluding hydrogens is 200 g/mol. The van der Waals surface area contributed by atoms with E-state index in [1.807, 2.05) is 0 Å². The second kappa shape index (κ2) is 4.27. The molecule has 74 valence electrons. The molecule has 0 amide bonds. The third-order valence-corrected chi connectivity index (χ3v) is 2.93. The van der Waals surface area contributed by atoms with E-state index in [9.17, 15) is 8.42 Å². The Morgan fingerprint density at radius 1 is 1.36 bits per heavy atom. The van der Waals surface area contributed by atoms with Crippen LogP contribution in [-0.2, 0) is 14.3 Å². The van der Waals surface area contributed by atoms with Gasteiger partial charge in [0.05, 0.1) is 4.90 Å². The predicted octanol–water partition coefficient (Wildman–Crippen LogP) is 1.41. The van der Waals surface area contributed by atoms with Gasteiger partial charge in [-0.2, -0.15) is 8.42 Å². The van der Waals surface area contributed by atoms with Crippen LogP contribution in [0.25, 0.3) is 0 Å². The molecule has 0 fully saturated rings. The molecule has 1 aromatic carbocycles. The zero-order chi connectivity index (χ0) is 10.6. The van der Waals surface area contributed by atoms with Crippen LogP contribution in [0.1, 0.15) is 6.92 Å². The maximum atomic E-state index is 11.5. The van der Waals surface area contributed by atoms with E-state index in [0.717, 1.165) is 0 Å². The summed E-state index contributed by atoms with van der Waals surface area (Å²) in [5.41, 5.74) is 0. The minimum Gasteiger partial charge on any atom is -0.250 e. The van der Waals surface area contributed by atoms with Gasteiger partial charge in [0.2, 0.25) is 0 Å². The molecule has 0 spiro atoms. The Labute approximate surface area is 83.8 Å². The average Bonchev–Trinajstić information content (AvgIpc) is 2.18. The molecule has 0 N–H and O–H groups in total. The largest absolute Gasteiger partial charge is 0.298 e. The smallest absolute Gasteiger partial charge is 0.250 e. The van der Waals surface area contributed by atoms with Gasteiger partial charge in [-0.3, -0.25) is 4.18 Å². The second-order valence-electron chi connectivity index (χ2n) is 2.67. The summed E-state index contributed by atoms with van der Waals surface area (Å²) in [5, 5.41) is 0. The molecule has 0 aliphatic carbocycles. The SMILES string of the molecule is C#CC(C)OS(=O)(=O)c1ccccc1. The van der Waals surface area contributed by atoms with Crippen LogP contribution >= 0.6 is 0 Å². The van der Waals surface area contributed by atoms with E-state index < -0.39 is 16.2 Å². The van der Waals surface area contributed by atoms with Crippen LogP contribution in [0.5, 0.6) is 0 Å². The van der Waals surface area contributed by atoms with Gasteiger partial charge in [-0.15, -0.1) is 6.42 Å². The molecule has 14 heavy (non-hydrogen) atoms. The Kier molecular flexibility index (Phi) is 3.28. The standard InChI is InChI=1S/C10H10O3S/c1-3-9(2)13-14(11,12)10-7-5-4-6-8-10/h1,4-9H,2H3. The third-order valence-electron chi connectivity index (χ3n) is 1.54. The summed E-state index contributed by atoms with van der Waals surface area (Å²) >= 11 is 0. The molecule has 0 aliphatic heterocycles. The van der Waals surface area contributed by atoms with E-state index in [0.29, 0.717) is 0 Å². The number of rotatable bonds is 3. The minimum atomic E-state index is -3.71. The Hall–Kier alpha value is -1.31. The Balaban J connectivity index is 2.94. The molecule has 0 aromatic heterocycles. The topological polar surface area (TPSA) is 43.4 Å². The lowest BCUT2D eigenvalue weighted by atomic mass is 10.4. The molecular formula is C10H10O3S. The Bertz CT molecular complexity index is 428. The van der Waals surface area contributed by atoms with E-state index in [1.54, 1.807) is 18.2 Å². The van der Waals surface area contributed by atoms with Gasteiger partial charge in [-0.25, -0.2) is 0 Å². The molecule has 0 radical (unpaired) electrons.